The fraction of sp³-hybridized carbons (Fsp3) is 0.333. The molecule has 0 bridgehead atoms. The molecule has 3 nitrogen and oxygen atoms in total. The highest BCUT2D eigenvalue weighted by atomic mass is 35.5. The highest BCUT2D eigenvalue weighted by molar-refractivity contribution is 6.30. The molecule has 0 aliphatic heterocycles. The Hall–Kier alpha value is -1.32. The summed E-state index contributed by atoms with van der Waals surface area (Å²) in [5.41, 5.74) is 2.01. The van der Waals surface area contributed by atoms with Crippen LogP contribution in [0.5, 0.6) is 0 Å². The molecule has 1 aromatic heterocycles. The van der Waals surface area contributed by atoms with E-state index >= 15 is 0 Å². The van der Waals surface area contributed by atoms with Crippen molar-refractivity contribution in [3.05, 3.63) is 51.4 Å². The lowest BCUT2D eigenvalue weighted by Gasteiger charge is -2.11. The third kappa shape index (κ3) is 3.84. The number of nitrogens with one attached hydrogen (secondary N) is 1. The first kappa shape index (κ1) is 15.1. The molecule has 0 radical (unpaired) electrons. The third-order valence-corrected chi connectivity index (χ3v) is 3.60. The molecule has 2 rings (SSSR count). The van der Waals surface area contributed by atoms with Gasteiger partial charge in [0, 0.05) is 23.6 Å². The molecule has 0 saturated heterocycles. The average Bonchev–Trinajstić information content (AvgIpc) is 2.43. The lowest BCUT2D eigenvalue weighted by Crippen LogP contribution is -2.07. The molecular formula is C15H17Cl2N3. The second-order valence-corrected chi connectivity index (χ2v) is 5.43. The van der Waals surface area contributed by atoms with E-state index in [4.69, 9.17) is 23.2 Å². The molecule has 0 atom stereocenters. The summed E-state index contributed by atoms with van der Waals surface area (Å²) in [7, 11) is 0. The van der Waals surface area contributed by atoms with Gasteiger partial charge in [0.15, 0.2) is 0 Å². The third-order valence-electron chi connectivity index (χ3n) is 2.98. The summed E-state index contributed by atoms with van der Waals surface area (Å²) >= 11 is 12.0. The van der Waals surface area contributed by atoms with Gasteiger partial charge in [-0.15, -0.1) is 0 Å². The van der Waals surface area contributed by atoms with Crippen LogP contribution in [0.1, 0.15) is 30.3 Å². The molecule has 20 heavy (non-hydrogen) atoms. The van der Waals surface area contributed by atoms with Gasteiger partial charge in [-0.1, -0.05) is 42.3 Å². The SMILES string of the molecule is CCCc1nc(Cl)c(C)c(NCc2ccc(Cl)cc2)n1. The van der Waals surface area contributed by atoms with Crippen LogP contribution in [0.15, 0.2) is 24.3 Å². The van der Waals surface area contributed by atoms with Crippen molar-refractivity contribution < 1.29 is 0 Å². The Balaban J connectivity index is 2.13. The van der Waals surface area contributed by atoms with Crippen LogP contribution in [-0.2, 0) is 13.0 Å². The second kappa shape index (κ2) is 6.91. The van der Waals surface area contributed by atoms with Gasteiger partial charge in [-0.3, -0.25) is 0 Å². The first-order chi connectivity index (χ1) is 9.60. The molecule has 0 aliphatic rings. The summed E-state index contributed by atoms with van der Waals surface area (Å²) in [6, 6.07) is 7.72. The topological polar surface area (TPSA) is 37.8 Å². The lowest BCUT2D eigenvalue weighted by molar-refractivity contribution is 0.830. The van der Waals surface area contributed by atoms with Crippen molar-refractivity contribution in [3.63, 3.8) is 0 Å². The maximum Gasteiger partial charge on any atom is 0.137 e. The molecule has 0 spiro atoms. The van der Waals surface area contributed by atoms with Crippen LogP contribution >= 0.6 is 23.2 Å². The molecule has 1 heterocycles. The van der Waals surface area contributed by atoms with E-state index in [9.17, 15) is 0 Å². The number of hydrogen-bond acceptors (Lipinski definition) is 3. The monoisotopic (exact) mass is 309 g/mol. The predicted molar refractivity (Wildman–Crippen MR) is 84.6 cm³/mol. The minimum absolute atomic E-state index is 0.516. The van der Waals surface area contributed by atoms with Crippen LogP contribution in [0, 0.1) is 6.92 Å². The Bertz CT molecular complexity index is 582. The molecule has 1 N–H and O–H groups in total. The molecule has 5 heteroatoms. The van der Waals surface area contributed by atoms with Gasteiger partial charge >= 0.3 is 0 Å². The fourth-order valence-corrected chi connectivity index (χ4v) is 2.14. The van der Waals surface area contributed by atoms with Gasteiger partial charge in [0.25, 0.3) is 0 Å². The fourth-order valence-electron chi connectivity index (χ4n) is 1.83. The maximum absolute atomic E-state index is 6.15. The molecule has 0 aliphatic carbocycles. The number of aromatic nitrogens is 2. The van der Waals surface area contributed by atoms with E-state index in [1.807, 2.05) is 31.2 Å². The number of benzene rings is 1. The van der Waals surface area contributed by atoms with E-state index in [1.165, 1.54) is 0 Å². The Morgan fingerprint density at radius 2 is 1.80 bits per heavy atom. The molecule has 0 unspecified atom stereocenters. The van der Waals surface area contributed by atoms with Crippen LogP contribution in [0.25, 0.3) is 0 Å². The van der Waals surface area contributed by atoms with Crippen LogP contribution in [0.4, 0.5) is 5.82 Å². The van der Waals surface area contributed by atoms with Gasteiger partial charge in [0.1, 0.15) is 16.8 Å². The molecule has 2 aromatic rings. The Kier molecular flexibility index (Phi) is 5.21. The van der Waals surface area contributed by atoms with Crippen molar-refractivity contribution in [3.8, 4) is 0 Å². The molecule has 1 aromatic carbocycles. The maximum atomic E-state index is 6.15. The van der Waals surface area contributed by atoms with Crippen molar-refractivity contribution in [2.45, 2.75) is 33.2 Å². The van der Waals surface area contributed by atoms with Crippen molar-refractivity contribution in [2.24, 2.45) is 0 Å². The summed E-state index contributed by atoms with van der Waals surface area (Å²) < 4.78 is 0. The first-order valence-electron chi connectivity index (χ1n) is 6.61. The number of anilines is 1. The summed E-state index contributed by atoms with van der Waals surface area (Å²) in [5.74, 6) is 1.57. The predicted octanol–water partition coefficient (Wildman–Crippen LogP) is 4.66. The zero-order valence-electron chi connectivity index (χ0n) is 11.6. The van der Waals surface area contributed by atoms with Crippen LogP contribution < -0.4 is 5.32 Å². The summed E-state index contributed by atoms with van der Waals surface area (Å²) in [6.45, 7) is 4.69. The molecular weight excluding hydrogens is 293 g/mol. The number of nitrogens with zero attached hydrogens (tertiary/aromatic N) is 2. The Labute approximate surface area is 129 Å². The average molecular weight is 310 g/mol. The molecule has 0 saturated carbocycles. The van der Waals surface area contributed by atoms with Gasteiger partial charge < -0.3 is 5.32 Å². The van der Waals surface area contributed by atoms with Gasteiger partial charge in [-0.25, -0.2) is 9.97 Å². The van der Waals surface area contributed by atoms with E-state index in [0.29, 0.717) is 11.7 Å². The van der Waals surface area contributed by atoms with Crippen LogP contribution in [0.2, 0.25) is 10.2 Å². The van der Waals surface area contributed by atoms with Crippen molar-refractivity contribution >= 4 is 29.0 Å². The largest absolute Gasteiger partial charge is 0.366 e. The summed E-state index contributed by atoms with van der Waals surface area (Å²) in [6.07, 6.45) is 1.83. The number of halogens is 2. The van der Waals surface area contributed by atoms with Gasteiger partial charge in [-0.2, -0.15) is 0 Å². The standard InChI is InChI=1S/C15H17Cl2N3/c1-3-4-13-19-14(17)10(2)15(20-13)18-9-11-5-7-12(16)8-6-11/h5-8H,3-4,9H2,1-2H3,(H,18,19,20). The van der Waals surface area contributed by atoms with Crippen molar-refractivity contribution in [1.82, 2.24) is 9.97 Å². The van der Waals surface area contributed by atoms with Crippen LogP contribution in [-0.4, -0.2) is 9.97 Å². The minimum atomic E-state index is 0.516. The molecule has 0 fully saturated rings. The first-order valence-corrected chi connectivity index (χ1v) is 7.37. The van der Waals surface area contributed by atoms with Crippen molar-refractivity contribution in [1.29, 1.82) is 0 Å². The Morgan fingerprint density at radius 3 is 2.45 bits per heavy atom. The number of aryl methyl sites for hydroxylation is 1. The summed E-state index contributed by atoms with van der Waals surface area (Å²) in [5, 5.41) is 4.56. The van der Waals surface area contributed by atoms with Gasteiger partial charge in [0.2, 0.25) is 0 Å². The smallest absolute Gasteiger partial charge is 0.137 e. The van der Waals surface area contributed by atoms with Gasteiger partial charge in [-0.05, 0) is 31.0 Å². The Morgan fingerprint density at radius 1 is 1.10 bits per heavy atom. The van der Waals surface area contributed by atoms with Crippen LogP contribution in [0.3, 0.4) is 0 Å². The second-order valence-electron chi connectivity index (χ2n) is 4.63. The van der Waals surface area contributed by atoms with E-state index in [2.05, 4.69) is 22.2 Å². The minimum Gasteiger partial charge on any atom is -0.366 e. The zero-order valence-corrected chi connectivity index (χ0v) is 13.1. The number of rotatable bonds is 5. The normalized spacial score (nSPS) is 10.6. The molecule has 106 valence electrons. The highest BCUT2D eigenvalue weighted by Gasteiger charge is 2.08. The molecule has 0 amide bonds. The van der Waals surface area contributed by atoms with E-state index < -0.39 is 0 Å². The summed E-state index contributed by atoms with van der Waals surface area (Å²) in [4.78, 5) is 8.81. The number of hydrogen-bond donors (Lipinski definition) is 1. The van der Waals surface area contributed by atoms with E-state index in [0.717, 1.165) is 40.6 Å². The van der Waals surface area contributed by atoms with Crippen molar-refractivity contribution in [2.75, 3.05) is 5.32 Å². The highest BCUT2D eigenvalue weighted by Crippen LogP contribution is 2.21. The zero-order chi connectivity index (χ0) is 14.5. The van der Waals surface area contributed by atoms with E-state index in [1.54, 1.807) is 0 Å². The lowest BCUT2D eigenvalue weighted by atomic mass is 10.2. The van der Waals surface area contributed by atoms with Gasteiger partial charge in [0.05, 0.1) is 0 Å². The van der Waals surface area contributed by atoms with E-state index in [-0.39, 0.29) is 0 Å². The quantitative estimate of drug-likeness (QED) is 0.816.